The molecule has 2 aromatic rings. The Labute approximate surface area is 188 Å². The van der Waals surface area contributed by atoms with Crippen LogP contribution in [0.5, 0.6) is 5.75 Å². The number of carboxylic acids is 1. The highest BCUT2D eigenvalue weighted by molar-refractivity contribution is 6.04. The number of urea groups is 1. The fraction of sp³-hybridized carbons (Fsp3) is 0.400. The zero-order valence-electron chi connectivity index (χ0n) is 18.8. The average Bonchev–Trinajstić information content (AvgIpc) is 3.02. The van der Waals surface area contributed by atoms with Gasteiger partial charge < -0.3 is 15.2 Å². The smallest absolute Gasteiger partial charge is 0.347 e. The minimum Gasteiger partial charge on any atom is -0.478 e. The molecule has 0 saturated carbocycles. The van der Waals surface area contributed by atoms with Crippen LogP contribution in [0.3, 0.4) is 0 Å². The molecule has 1 heterocycles. The van der Waals surface area contributed by atoms with Crippen molar-refractivity contribution in [1.29, 1.82) is 0 Å². The summed E-state index contributed by atoms with van der Waals surface area (Å²) < 4.78 is 5.51. The summed E-state index contributed by atoms with van der Waals surface area (Å²) in [6.45, 7) is 5.36. The number of rotatable bonds is 10. The Kier molecular flexibility index (Phi) is 7.18. The van der Waals surface area contributed by atoms with Crippen LogP contribution in [0.4, 0.5) is 4.79 Å². The molecular formula is C25H30N2O5. The molecule has 7 nitrogen and oxygen atoms in total. The quantitative estimate of drug-likeness (QED) is 0.548. The van der Waals surface area contributed by atoms with Gasteiger partial charge >= 0.3 is 12.0 Å². The second kappa shape index (κ2) is 9.85. The third-order valence-electron chi connectivity index (χ3n) is 5.65. The number of hydrogen-bond acceptors (Lipinski definition) is 4. The van der Waals surface area contributed by atoms with Gasteiger partial charge in [0.15, 0.2) is 5.60 Å². The van der Waals surface area contributed by atoms with Crippen LogP contribution in [-0.4, -0.2) is 39.6 Å². The summed E-state index contributed by atoms with van der Waals surface area (Å²) in [6, 6.07) is 14.4. The van der Waals surface area contributed by atoms with E-state index in [0.717, 1.165) is 30.4 Å². The maximum Gasteiger partial charge on any atom is 0.347 e. The van der Waals surface area contributed by atoms with Gasteiger partial charge in [-0.25, -0.2) is 9.59 Å². The van der Waals surface area contributed by atoms with Gasteiger partial charge in [0.2, 0.25) is 0 Å². The van der Waals surface area contributed by atoms with E-state index < -0.39 is 17.6 Å². The molecule has 0 aromatic heterocycles. The minimum atomic E-state index is -1.30. The zero-order chi connectivity index (χ0) is 23.3. The Balaban J connectivity index is 1.49. The molecule has 3 rings (SSSR count). The topological polar surface area (TPSA) is 95.9 Å². The van der Waals surface area contributed by atoms with E-state index in [0.29, 0.717) is 12.2 Å². The standard InChI is InChI=1S/C25H30N2O5/c1-4-17-8-10-19(11-9-17)16-27-22(28)21(26-24(27)31)7-5-6-18-12-14-20(15-13-18)32-25(2,3)23(29)30/h8-15,21H,4-7,16H2,1-3H3,(H,26,31)(H,29,30). The summed E-state index contributed by atoms with van der Waals surface area (Å²) in [5, 5.41) is 11.9. The molecule has 0 radical (unpaired) electrons. The fourth-order valence-electron chi connectivity index (χ4n) is 3.56. The van der Waals surface area contributed by atoms with Crippen LogP contribution in [0.1, 0.15) is 50.3 Å². The zero-order valence-corrected chi connectivity index (χ0v) is 18.8. The number of carboxylic acid groups (broad SMARTS) is 1. The first-order valence-corrected chi connectivity index (χ1v) is 10.9. The summed E-state index contributed by atoms with van der Waals surface area (Å²) >= 11 is 0. The van der Waals surface area contributed by atoms with Crippen LogP contribution in [-0.2, 0) is 29.0 Å². The average molecular weight is 439 g/mol. The van der Waals surface area contributed by atoms with Crippen molar-refractivity contribution in [3.05, 3.63) is 65.2 Å². The number of amides is 3. The highest BCUT2D eigenvalue weighted by atomic mass is 16.5. The van der Waals surface area contributed by atoms with E-state index in [9.17, 15) is 14.4 Å². The molecule has 1 fully saturated rings. The Bertz CT molecular complexity index is 967. The van der Waals surface area contributed by atoms with Crippen LogP contribution in [0.2, 0.25) is 0 Å². The summed E-state index contributed by atoms with van der Waals surface area (Å²) in [6.07, 6.45) is 2.97. The molecule has 3 amide bonds. The second-order valence-corrected chi connectivity index (χ2v) is 8.55. The van der Waals surface area contributed by atoms with Gasteiger partial charge in [0.1, 0.15) is 11.8 Å². The Hall–Kier alpha value is -3.35. The van der Waals surface area contributed by atoms with E-state index in [2.05, 4.69) is 12.2 Å². The largest absolute Gasteiger partial charge is 0.478 e. The Morgan fingerprint density at radius 1 is 1.03 bits per heavy atom. The SMILES string of the molecule is CCc1ccc(CN2C(=O)NC(CCCc3ccc(OC(C)(C)C(=O)O)cc3)C2=O)cc1. The maximum atomic E-state index is 12.7. The van der Waals surface area contributed by atoms with Crippen molar-refractivity contribution < 1.29 is 24.2 Å². The van der Waals surface area contributed by atoms with Gasteiger partial charge in [-0.15, -0.1) is 0 Å². The minimum absolute atomic E-state index is 0.186. The molecule has 2 aromatic carbocycles. The molecule has 0 aliphatic carbocycles. The van der Waals surface area contributed by atoms with Crippen LogP contribution in [0.15, 0.2) is 48.5 Å². The summed E-state index contributed by atoms with van der Waals surface area (Å²) in [5.41, 5.74) is 1.90. The van der Waals surface area contributed by atoms with Gasteiger partial charge in [0, 0.05) is 0 Å². The summed E-state index contributed by atoms with van der Waals surface area (Å²) in [7, 11) is 0. The van der Waals surface area contributed by atoms with Crippen molar-refractivity contribution in [3.8, 4) is 5.75 Å². The number of nitrogens with zero attached hydrogens (tertiary/aromatic N) is 1. The van der Waals surface area contributed by atoms with Gasteiger partial charge in [-0.1, -0.05) is 43.3 Å². The highest BCUT2D eigenvalue weighted by Crippen LogP contribution is 2.21. The lowest BCUT2D eigenvalue weighted by Gasteiger charge is -2.21. The van der Waals surface area contributed by atoms with Crippen molar-refractivity contribution in [3.63, 3.8) is 0 Å². The molecule has 0 bridgehead atoms. The van der Waals surface area contributed by atoms with E-state index in [1.165, 1.54) is 24.3 Å². The van der Waals surface area contributed by atoms with Gasteiger partial charge in [-0.2, -0.15) is 0 Å². The first-order valence-electron chi connectivity index (χ1n) is 10.9. The number of carbonyl (C=O) groups excluding carboxylic acids is 2. The van der Waals surface area contributed by atoms with Crippen LogP contribution < -0.4 is 10.1 Å². The summed E-state index contributed by atoms with van der Waals surface area (Å²) in [4.78, 5) is 37.4. The lowest BCUT2D eigenvalue weighted by atomic mass is 10.0. The van der Waals surface area contributed by atoms with Crippen LogP contribution in [0.25, 0.3) is 0 Å². The molecule has 1 atom stereocenters. The lowest BCUT2D eigenvalue weighted by molar-refractivity contribution is -0.152. The van der Waals surface area contributed by atoms with E-state index in [1.807, 2.05) is 36.4 Å². The number of aryl methyl sites for hydroxylation is 2. The molecule has 1 unspecified atom stereocenters. The number of nitrogens with one attached hydrogen (secondary N) is 1. The third kappa shape index (κ3) is 5.66. The number of imide groups is 1. The lowest BCUT2D eigenvalue weighted by Crippen LogP contribution is -2.37. The predicted molar refractivity (Wildman–Crippen MR) is 120 cm³/mol. The number of ether oxygens (including phenoxy) is 1. The van der Waals surface area contributed by atoms with Gasteiger partial charge in [-0.3, -0.25) is 9.69 Å². The molecule has 32 heavy (non-hydrogen) atoms. The first-order chi connectivity index (χ1) is 15.2. The van der Waals surface area contributed by atoms with E-state index in [-0.39, 0.29) is 18.5 Å². The van der Waals surface area contributed by atoms with E-state index in [1.54, 1.807) is 12.1 Å². The molecule has 2 N–H and O–H groups in total. The number of hydrogen-bond donors (Lipinski definition) is 2. The number of benzene rings is 2. The van der Waals surface area contributed by atoms with Crippen molar-refractivity contribution in [2.24, 2.45) is 0 Å². The second-order valence-electron chi connectivity index (χ2n) is 8.55. The molecule has 0 spiro atoms. The third-order valence-corrected chi connectivity index (χ3v) is 5.65. The predicted octanol–water partition coefficient (Wildman–Crippen LogP) is 3.93. The maximum absolute atomic E-state index is 12.7. The molecular weight excluding hydrogens is 408 g/mol. The fourth-order valence-corrected chi connectivity index (χ4v) is 3.56. The molecule has 1 saturated heterocycles. The van der Waals surface area contributed by atoms with Crippen LogP contribution >= 0.6 is 0 Å². The van der Waals surface area contributed by atoms with Gasteiger partial charge in [0.05, 0.1) is 6.54 Å². The summed E-state index contributed by atoms with van der Waals surface area (Å²) in [5.74, 6) is -0.729. The van der Waals surface area contributed by atoms with Crippen molar-refractivity contribution >= 4 is 17.9 Å². The Morgan fingerprint density at radius 3 is 2.22 bits per heavy atom. The van der Waals surface area contributed by atoms with Gasteiger partial charge in [-0.05, 0) is 68.4 Å². The number of carbonyl (C=O) groups is 3. The number of aliphatic carboxylic acids is 1. The van der Waals surface area contributed by atoms with Crippen molar-refractivity contribution in [1.82, 2.24) is 10.2 Å². The highest BCUT2D eigenvalue weighted by Gasteiger charge is 2.37. The Morgan fingerprint density at radius 2 is 1.62 bits per heavy atom. The van der Waals surface area contributed by atoms with Crippen LogP contribution in [0, 0.1) is 0 Å². The van der Waals surface area contributed by atoms with Gasteiger partial charge in [0.25, 0.3) is 5.91 Å². The molecule has 7 heteroatoms. The first kappa shape index (κ1) is 23.3. The molecule has 1 aliphatic heterocycles. The van der Waals surface area contributed by atoms with E-state index in [4.69, 9.17) is 9.84 Å². The molecule has 170 valence electrons. The normalized spacial score (nSPS) is 16.2. The van der Waals surface area contributed by atoms with Crippen molar-refractivity contribution in [2.45, 2.75) is 64.6 Å². The molecule has 1 aliphatic rings. The van der Waals surface area contributed by atoms with Crippen molar-refractivity contribution in [2.75, 3.05) is 0 Å². The monoisotopic (exact) mass is 438 g/mol. The van der Waals surface area contributed by atoms with E-state index >= 15 is 0 Å².